The molecule has 0 spiro atoms. The first-order chi connectivity index (χ1) is 10.4. The van der Waals surface area contributed by atoms with Crippen LogP contribution >= 0.6 is 0 Å². The van der Waals surface area contributed by atoms with Crippen LogP contribution in [0.25, 0.3) is 33.5 Å². The molecule has 0 atom stereocenters. The quantitative estimate of drug-likeness (QED) is 0.581. The molecule has 0 unspecified atom stereocenters. The van der Waals surface area contributed by atoms with E-state index in [2.05, 4.69) is 31.7 Å². The Morgan fingerprint density at radius 1 is 1.14 bits per heavy atom. The second-order valence-corrected chi connectivity index (χ2v) is 5.42. The van der Waals surface area contributed by atoms with Gasteiger partial charge in [-0.05, 0) is 30.7 Å². The van der Waals surface area contributed by atoms with Crippen LogP contribution in [0.5, 0.6) is 0 Å². The van der Waals surface area contributed by atoms with Gasteiger partial charge in [0.2, 0.25) is 0 Å². The van der Waals surface area contributed by atoms with Gasteiger partial charge in [-0.3, -0.25) is 0 Å². The van der Waals surface area contributed by atoms with Gasteiger partial charge < -0.3 is 9.55 Å². The van der Waals surface area contributed by atoms with E-state index in [0.717, 1.165) is 52.2 Å². The molecule has 0 aliphatic carbocycles. The largest absolute Gasteiger partial charge is 0.345 e. The van der Waals surface area contributed by atoms with Gasteiger partial charge in [0.1, 0.15) is 17.0 Å². The van der Waals surface area contributed by atoms with E-state index in [9.17, 15) is 0 Å². The number of nitrogens with zero attached hydrogens (tertiary/aromatic N) is 4. The van der Waals surface area contributed by atoms with Gasteiger partial charge in [-0.1, -0.05) is 0 Å². The first kappa shape index (κ1) is 11.0. The van der Waals surface area contributed by atoms with Crippen LogP contribution in [-0.4, -0.2) is 24.5 Å². The van der Waals surface area contributed by atoms with E-state index in [1.54, 1.807) is 6.20 Å². The third-order valence-corrected chi connectivity index (χ3v) is 4.18. The number of fused-ring (bicyclic) bond motifs is 4. The summed E-state index contributed by atoms with van der Waals surface area (Å²) in [5.41, 5.74) is 4.95. The molecule has 0 aromatic carbocycles. The van der Waals surface area contributed by atoms with E-state index in [0.29, 0.717) is 0 Å². The zero-order chi connectivity index (χ0) is 13.8. The number of H-pyrrole nitrogens is 1. The number of hydrogen-bond donors (Lipinski definition) is 1. The lowest BCUT2D eigenvalue weighted by Crippen LogP contribution is -1.94. The summed E-state index contributed by atoms with van der Waals surface area (Å²) in [4.78, 5) is 17.1. The fourth-order valence-corrected chi connectivity index (χ4v) is 3.19. The molecule has 0 amide bonds. The first-order valence-corrected chi connectivity index (χ1v) is 7.19. The highest BCUT2D eigenvalue weighted by Gasteiger charge is 2.18. The number of pyridine rings is 2. The number of nitrogens with one attached hydrogen (secondary N) is 1. The first-order valence-electron chi connectivity index (χ1n) is 7.19. The highest BCUT2D eigenvalue weighted by atomic mass is 15.1. The fourth-order valence-electron chi connectivity index (χ4n) is 3.19. The summed E-state index contributed by atoms with van der Waals surface area (Å²) < 4.78 is 2.24. The zero-order valence-electron chi connectivity index (χ0n) is 11.4. The van der Waals surface area contributed by atoms with Gasteiger partial charge in [-0.2, -0.15) is 0 Å². The van der Waals surface area contributed by atoms with Gasteiger partial charge in [0.15, 0.2) is 5.65 Å². The molecule has 0 bridgehead atoms. The smallest absolute Gasteiger partial charge is 0.160 e. The summed E-state index contributed by atoms with van der Waals surface area (Å²) in [7, 11) is 0. The maximum Gasteiger partial charge on any atom is 0.160 e. The molecule has 5 heterocycles. The third-order valence-electron chi connectivity index (χ3n) is 4.18. The van der Waals surface area contributed by atoms with Crippen LogP contribution in [0, 0.1) is 0 Å². The van der Waals surface area contributed by atoms with E-state index < -0.39 is 0 Å². The maximum absolute atomic E-state index is 4.85. The van der Waals surface area contributed by atoms with Crippen molar-refractivity contribution in [2.75, 3.05) is 0 Å². The number of aromatic nitrogens is 5. The van der Waals surface area contributed by atoms with Crippen molar-refractivity contribution in [2.45, 2.75) is 19.4 Å². The molecule has 1 aliphatic heterocycles. The van der Waals surface area contributed by atoms with Crippen molar-refractivity contribution >= 4 is 22.2 Å². The minimum Gasteiger partial charge on any atom is -0.345 e. The van der Waals surface area contributed by atoms with Gasteiger partial charge in [0.05, 0.1) is 5.69 Å². The number of aromatic amines is 1. The SMILES string of the molecule is c1cnc2[nH]cc(-c3ccc4nc5n(c4n3)CCC5)c2c1. The van der Waals surface area contributed by atoms with Crippen LogP contribution in [0.3, 0.4) is 0 Å². The molecular formula is C16H13N5. The summed E-state index contributed by atoms with van der Waals surface area (Å²) in [6, 6.07) is 8.13. The molecule has 0 radical (unpaired) electrons. The molecule has 4 aromatic rings. The predicted molar refractivity (Wildman–Crippen MR) is 80.9 cm³/mol. The minimum atomic E-state index is 0.896. The molecule has 21 heavy (non-hydrogen) atoms. The van der Waals surface area contributed by atoms with Crippen molar-refractivity contribution in [1.82, 2.24) is 24.5 Å². The number of rotatable bonds is 1. The van der Waals surface area contributed by atoms with Crippen molar-refractivity contribution in [1.29, 1.82) is 0 Å². The molecule has 1 aliphatic rings. The molecule has 0 fully saturated rings. The van der Waals surface area contributed by atoms with Crippen LogP contribution in [0.15, 0.2) is 36.7 Å². The fraction of sp³-hybridized carbons (Fsp3) is 0.188. The number of aryl methyl sites for hydroxylation is 2. The zero-order valence-corrected chi connectivity index (χ0v) is 11.4. The molecule has 4 aromatic heterocycles. The van der Waals surface area contributed by atoms with E-state index in [-0.39, 0.29) is 0 Å². The minimum absolute atomic E-state index is 0.896. The van der Waals surface area contributed by atoms with Gasteiger partial charge in [0.25, 0.3) is 0 Å². The predicted octanol–water partition coefficient (Wildman–Crippen LogP) is 2.92. The van der Waals surface area contributed by atoms with Crippen LogP contribution in [0.2, 0.25) is 0 Å². The summed E-state index contributed by atoms with van der Waals surface area (Å²) in [5, 5.41) is 1.10. The summed E-state index contributed by atoms with van der Waals surface area (Å²) in [6.45, 7) is 1.03. The Hall–Kier alpha value is -2.69. The Labute approximate surface area is 120 Å². The molecule has 5 rings (SSSR count). The van der Waals surface area contributed by atoms with Crippen LogP contribution < -0.4 is 0 Å². The van der Waals surface area contributed by atoms with Crippen molar-refractivity contribution < 1.29 is 0 Å². The van der Waals surface area contributed by atoms with Crippen LogP contribution in [0.1, 0.15) is 12.2 Å². The molecule has 1 N–H and O–H groups in total. The lowest BCUT2D eigenvalue weighted by atomic mass is 10.1. The average molecular weight is 275 g/mol. The number of imidazole rings is 1. The van der Waals surface area contributed by atoms with E-state index in [4.69, 9.17) is 4.98 Å². The highest BCUT2D eigenvalue weighted by Crippen LogP contribution is 2.29. The van der Waals surface area contributed by atoms with Crippen LogP contribution in [0.4, 0.5) is 0 Å². The van der Waals surface area contributed by atoms with E-state index in [1.807, 2.05) is 18.3 Å². The lowest BCUT2D eigenvalue weighted by molar-refractivity contribution is 0.764. The Bertz CT molecular complexity index is 979. The standard InChI is InChI=1S/C16H13N5/c1-3-10-11(9-18-15(10)17-7-1)12-5-6-13-16(20-12)21-8-2-4-14(21)19-13/h1,3,5-7,9H,2,4,8H2,(H,17,18). The molecule has 0 saturated heterocycles. The molecule has 5 heteroatoms. The van der Waals surface area contributed by atoms with E-state index in [1.165, 1.54) is 6.42 Å². The molecule has 5 nitrogen and oxygen atoms in total. The van der Waals surface area contributed by atoms with Gasteiger partial charge in [-0.15, -0.1) is 0 Å². The third kappa shape index (κ3) is 1.48. The summed E-state index contributed by atoms with van der Waals surface area (Å²) >= 11 is 0. The van der Waals surface area contributed by atoms with Gasteiger partial charge >= 0.3 is 0 Å². The summed E-state index contributed by atoms with van der Waals surface area (Å²) in [5.74, 6) is 1.16. The molecule has 0 saturated carbocycles. The summed E-state index contributed by atoms with van der Waals surface area (Å²) in [6.07, 6.45) is 6.00. The monoisotopic (exact) mass is 275 g/mol. The Kier molecular flexibility index (Phi) is 2.05. The van der Waals surface area contributed by atoms with Gasteiger partial charge in [-0.25, -0.2) is 15.0 Å². The maximum atomic E-state index is 4.85. The Balaban J connectivity index is 1.77. The van der Waals surface area contributed by atoms with Crippen molar-refractivity contribution in [3.05, 3.63) is 42.5 Å². The Morgan fingerprint density at radius 3 is 3.14 bits per heavy atom. The lowest BCUT2D eigenvalue weighted by Gasteiger charge is -2.01. The van der Waals surface area contributed by atoms with Crippen molar-refractivity contribution in [3.63, 3.8) is 0 Å². The van der Waals surface area contributed by atoms with E-state index >= 15 is 0 Å². The topological polar surface area (TPSA) is 59.4 Å². The van der Waals surface area contributed by atoms with Crippen molar-refractivity contribution in [2.24, 2.45) is 0 Å². The van der Waals surface area contributed by atoms with Crippen molar-refractivity contribution in [3.8, 4) is 11.3 Å². The average Bonchev–Trinajstić information content (AvgIpc) is 3.20. The molecular weight excluding hydrogens is 262 g/mol. The Morgan fingerprint density at radius 2 is 2.14 bits per heavy atom. The second kappa shape index (κ2) is 3.91. The van der Waals surface area contributed by atoms with Crippen LogP contribution in [-0.2, 0) is 13.0 Å². The second-order valence-electron chi connectivity index (χ2n) is 5.42. The van der Waals surface area contributed by atoms with Gasteiger partial charge in [0, 0.05) is 36.3 Å². The normalized spacial score (nSPS) is 14.1. The number of hydrogen-bond acceptors (Lipinski definition) is 3. The highest BCUT2D eigenvalue weighted by molar-refractivity contribution is 5.93. The molecule has 102 valence electrons.